The lowest BCUT2D eigenvalue weighted by atomic mass is 9.72. The summed E-state index contributed by atoms with van der Waals surface area (Å²) in [5.41, 5.74) is -0.255. The van der Waals surface area contributed by atoms with Crippen LogP contribution in [-0.2, 0) is 9.53 Å². The van der Waals surface area contributed by atoms with Gasteiger partial charge in [-0.3, -0.25) is 4.79 Å². The van der Waals surface area contributed by atoms with Gasteiger partial charge >= 0.3 is 5.97 Å². The lowest BCUT2D eigenvalue weighted by Crippen LogP contribution is -2.35. The average molecular weight is 537 g/mol. The maximum atomic E-state index is 13.4. The van der Waals surface area contributed by atoms with Gasteiger partial charge in [-0.2, -0.15) is 0 Å². The predicted octanol–water partition coefficient (Wildman–Crippen LogP) is 12.8. The second kappa shape index (κ2) is 28.0. The van der Waals surface area contributed by atoms with Gasteiger partial charge in [-0.25, -0.2) is 0 Å². The number of carbonyl (C=O) groups is 1. The SMILES string of the molecule is CCCCCCCCCCCCCCCCOC(=O)C(CC)(CCCC)CC(CC)CCCCCCCC. The maximum Gasteiger partial charge on any atom is 0.312 e. The second-order valence-corrected chi connectivity index (χ2v) is 12.5. The number of carbonyl (C=O) groups excluding carboxylic acids is 1. The lowest BCUT2D eigenvalue weighted by Gasteiger charge is -2.34. The number of unbranched alkanes of at least 4 members (excludes halogenated alkanes) is 19. The molecule has 2 nitrogen and oxygen atoms in total. The Morgan fingerprint density at radius 2 is 0.974 bits per heavy atom. The number of hydrogen-bond donors (Lipinski definition) is 0. The molecule has 228 valence electrons. The van der Waals surface area contributed by atoms with Crippen LogP contribution < -0.4 is 0 Å². The van der Waals surface area contributed by atoms with Crippen molar-refractivity contribution in [2.24, 2.45) is 11.3 Å². The molecule has 0 rings (SSSR count). The first-order valence-corrected chi connectivity index (χ1v) is 17.8. The number of ether oxygens (including phenoxy) is 1. The minimum Gasteiger partial charge on any atom is -0.465 e. The zero-order valence-electron chi connectivity index (χ0n) is 27.2. The van der Waals surface area contributed by atoms with Gasteiger partial charge in [-0.15, -0.1) is 0 Å². The molecule has 0 aliphatic rings. The van der Waals surface area contributed by atoms with Crippen LogP contribution in [0.15, 0.2) is 0 Å². The molecule has 0 aliphatic heterocycles. The van der Waals surface area contributed by atoms with Crippen LogP contribution in [0.5, 0.6) is 0 Å². The first-order valence-electron chi connectivity index (χ1n) is 17.8. The van der Waals surface area contributed by atoms with Crippen molar-refractivity contribution in [1.82, 2.24) is 0 Å². The molecule has 0 bridgehead atoms. The fourth-order valence-electron chi connectivity index (χ4n) is 6.10. The van der Waals surface area contributed by atoms with Gasteiger partial charge in [-0.1, -0.05) is 182 Å². The molecule has 0 spiro atoms. The summed E-state index contributed by atoms with van der Waals surface area (Å²) in [6.45, 7) is 12.0. The van der Waals surface area contributed by atoms with Crippen molar-refractivity contribution in [1.29, 1.82) is 0 Å². The fraction of sp³-hybridized carbons (Fsp3) is 0.972. The van der Waals surface area contributed by atoms with Gasteiger partial charge in [0.2, 0.25) is 0 Å². The second-order valence-electron chi connectivity index (χ2n) is 12.5. The van der Waals surface area contributed by atoms with Crippen LogP contribution in [0.4, 0.5) is 0 Å². The topological polar surface area (TPSA) is 26.3 Å². The molecule has 2 unspecified atom stereocenters. The van der Waals surface area contributed by atoms with Crippen LogP contribution in [0.25, 0.3) is 0 Å². The molecule has 0 N–H and O–H groups in total. The Hall–Kier alpha value is -0.530. The first-order chi connectivity index (χ1) is 18.6. The molecule has 0 aromatic rings. The molecule has 0 radical (unpaired) electrons. The van der Waals surface area contributed by atoms with Crippen LogP contribution in [0.2, 0.25) is 0 Å². The molecular weight excluding hydrogens is 464 g/mol. The highest BCUT2D eigenvalue weighted by Crippen LogP contribution is 2.40. The highest BCUT2D eigenvalue weighted by Gasteiger charge is 2.39. The Bertz CT molecular complexity index is 488. The molecule has 0 amide bonds. The standard InChI is InChI=1S/C36H72O2/c1-6-11-14-16-18-19-20-21-22-23-24-25-27-29-32-38-35(37)36(10-5,31-13-8-3)33-34(9-4)30-28-26-17-15-12-7-2/h34H,6-33H2,1-5H3. The van der Waals surface area contributed by atoms with Crippen molar-refractivity contribution >= 4 is 5.97 Å². The normalized spacial score (nSPS) is 13.9. The van der Waals surface area contributed by atoms with Crippen molar-refractivity contribution in [2.75, 3.05) is 6.61 Å². The highest BCUT2D eigenvalue weighted by atomic mass is 16.5. The molecule has 0 aromatic carbocycles. The van der Waals surface area contributed by atoms with E-state index in [1.807, 2.05) is 0 Å². The Kier molecular flexibility index (Phi) is 27.6. The summed E-state index contributed by atoms with van der Waals surface area (Å²) >= 11 is 0. The van der Waals surface area contributed by atoms with E-state index in [-0.39, 0.29) is 11.4 Å². The molecule has 2 heteroatoms. The Morgan fingerprint density at radius 3 is 1.39 bits per heavy atom. The lowest BCUT2D eigenvalue weighted by molar-refractivity contribution is -0.158. The van der Waals surface area contributed by atoms with Gasteiger partial charge in [0.1, 0.15) is 0 Å². The third-order valence-electron chi connectivity index (χ3n) is 9.07. The van der Waals surface area contributed by atoms with E-state index in [0.29, 0.717) is 12.5 Å². The monoisotopic (exact) mass is 537 g/mol. The molecule has 0 aliphatic carbocycles. The maximum absolute atomic E-state index is 13.4. The number of esters is 1. The minimum absolute atomic E-state index is 0.115. The summed E-state index contributed by atoms with van der Waals surface area (Å²) < 4.78 is 5.98. The van der Waals surface area contributed by atoms with Gasteiger partial charge in [0.05, 0.1) is 12.0 Å². The van der Waals surface area contributed by atoms with Crippen molar-refractivity contribution in [3.8, 4) is 0 Å². The van der Waals surface area contributed by atoms with E-state index in [0.717, 1.165) is 38.5 Å². The van der Waals surface area contributed by atoms with E-state index in [9.17, 15) is 4.79 Å². The van der Waals surface area contributed by atoms with Crippen LogP contribution in [0.1, 0.15) is 208 Å². The Morgan fingerprint density at radius 1 is 0.553 bits per heavy atom. The molecule has 2 atom stereocenters. The average Bonchev–Trinajstić information content (AvgIpc) is 2.93. The summed E-state index contributed by atoms with van der Waals surface area (Å²) in [4.78, 5) is 13.4. The zero-order valence-corrected chi connectivity index (χ0v) is 27.2. The van der Waals surface area contributed by atoms with Gasteiger partial charge < -0.3 is 4.74 Å². The summed E-state index contributed by atoms with van der Waals surface area (Å²) in [7, 11) is 0. The minimum atomic E-state index is -0.255. The summed E-state index contributed by atoms with van der Waals surface area (Å²) in [6.07, 6.45) is 34.9. The molecule has 0 saturated heterocycles. The van der Waals surface area contributed by atoms with Crippen molar-refractivity contribution in [2.45, 2.75) is 208 Å². The Balaban J connectivity index is 4.18. The number of rotatable bonds is 30. The van der Waals surface area contributed by atoms with E-state index in [1.165, 1.54) is 135 Å². The van der Waals surface area contributed by atoms with E-state index in [4.69, 9.17) is 4.74 Å². The van der Waals surface area contributed by atoms with Crippen LogP contribution in [-0.4, -0.2) is 12.6 Å². The van der Waals surface area contributed by atoms with E-state index < -0.39 is 0 Å². The van der Waals surface area contributed by atoms with Crippen molar-refractivity contribution in [3.63, 3.8) is 0 Å². The first kappa shape index (κ1) is 37.5. The molecular formula is C36H72O2. The quantitative estimate of drug-likeness (QED) is 0.0674. The van der Waals surface area contributed by atoms with Crippen molar-refractivity contribution < 1.29 is 9.53 Å². The van der Waals surface area contributed by atoms with E-state index in [1.54, 1.807) is 0 Å². The molecule has 0 saturated carbocycles. The molecule has 0 aromatic heterocycles. The Labute approximate surface area is 241 Å². The van der Waals surface area contributed by atoms with Crippen molar-refractivity contribution in [3.05, 3.63) is 0 Å². The van der Waals surface area contributed by atoms with Crippen LogP contribution in [0.3, 0.4) is 0 Å². The number of hydrogen-bond acceptors (Lipinski definition) is 2. The van der Waals surface area contributed by atoms with Gasteiger partial charge in [-0.05, 0) is 31.6 Å². The smallest absolute Gasteiger partial charge is 0.312 e. The summed E-state index contributed by atoms with van der Waals surface area (Å²) in [6, 6.07) is 0. The largest absolute Gasteiger partial charge is 0.465 e. The molecule has 38 heavy (non-hydrogen) atoms. The van der Waals surface area contributed by atoms with Crippen LogP contribution in [0, 0.1) is 11.3 Å². The van der Waals surface area contributed by atoms with E-state index in [2.05, 4.69) is 34.6 Å². The predicted molar refractivity (Wildman–Crippen MR) is 170 cm³/mol. The third kappa shape index (κ3) is 20.4. The van der Waals surface area contributed by atoms with E-state index >= 15 is 0 Å². The molecule has 0 heterocycles. The van der Waals surface area contributed by atoms with Gasteiger partial charge in [0.25, 0.3) is 0 Å². The third-order valence-corrected chi connectivity index (χ3v) is 9.07. The molecule has 0 fully saturated rings. The highest BCUT2D eigenvalue weighted by molar-refractivity contribution is 5.76. The van der Waals surface area contributed by atoms with Gasteiger partial charge in [0, 0.05) is 0 Å². The summed E-state index contributed by atoms with van der Waals surface area (Å²) in [5.74, 6) is 0.774. The van der Waals surface area contributed by atoms with Gasteiger partial charge in [0.15, 0.2) is 0 Å². The van der Waals surface area contributed by atoms with Crippen LogP contribution >= 0.6 is 0 Å². The summed E-state index contributed by atoms with van der Waals surface area (Å²) in [5, 5.41) is 0. The fourth-order valence-corrected chi connectivity index (χ4v) is 6.10. The zero-order chi connectivity index (χ0) is 28.2.